The highest BCUT2D eigenvalue weighted by atomic mass is 16.2. The zero-order valence-corrected chi connectivity index (χ0v) is 13.3. The number of amides is 1. The summed E-state index contributed by atoms with van der Waals surface area (Å²) in [7, 11) is 1.82. The Morgan fingerprint density at radius 2 is 1.90 bits per heavy atom. The smallest absolute Gasteiger partial charge is 0.225 e. The summed E-state index contributed by atoms with van der Waals surface area (Å²) in [4.78, 5) is 18.8. The molecule has 5 nitrogen and oxygen atoms in total. The summed E-state index contributed by atoms with van der Waals surface area (Å²) in [5.74, 6) is 2.33. The van der Waals surface area contributed by atoms with Crippen LogP contribution in [-0.4, -0.2) is 49.0 Å². The van der Waals surface area contributed by atoms with Crippen molar-refractivity contribution >= 4 is 11.9 Å². The third-order valence-electron chi connectivity index (χ3n) is 5.20. The quantitative estimate of drug-likeness (QED) is 0.610. The van der Waals surface area contributed by atoms with Crippen LogP contribution in [0.5, 0.6) is 0 Å². The number of guanidine groups is 1. The summed E-state index contributed by atoms with van der Waals surface area (Å²) in [6.45, 7) is 3.97. The van der Waals surface area contributed by atoms with Crippen LogP contribution in [0.1, 0.15) is 45.4 Å². The molecule has 1 heterocycles. The molecule has 5 heteroatoms. The molecule has 0 aromatic heterocycles. The Morgan fingerprint density at radius 3 is 2.52 bits per heavy atom. The van der Waals surface area contributed by atoms with E-state index in [0.29, 0.717) is 23.9 Å². The topological polar surface area (TPSA) is 56.7 Å². The van der Waals surface area contributed by atoms with Crippen LogP contribution in [0.25, 0.3) is 0 Å². The van der Waals surface area contributed by atoms with Gasteiger partial charge in [0.1, 0.15) is 0 Å². The maximum Gasteiger partial charge on any atom is 0.225 e. The van der Waals surface area contributed by atoms with Crippen LogP contribution in [0.4, 0.5) is 0 Å². The molecule has 0 radical (unpaired) electrons. The van der Waals surface area contributed by atoms with Crippen LogP contribution < -0.4 is 10.6 Å². The van der Waals surface area contributed by atoms with Gasteiger partial charge in [0.15, 0.2) is 5.96 Å². The van der Waals surface area contributed by atoms with Gasteiger partial charge in [-0.15, -0.1) is 0 Å². The third kappa shape index (κ3) is 3.50. The molecule has 21 heavy (non-hydrogen) atoms. The lowest BCUT2D eigenvalue weighted by Gasteiger charge is -2.21. The maximum absolute atomic E-state index is 12.4. The summed E-state index contributed by atoms with van der Waals surface area (Å²) in [5.41, 5.74) is 0. The molecule has 3 aliphatic rings. The number of nitrogens with one attached hydrogen (secondary N) is 2. The van der Waals surface area contributed by atoms with E-state index in [1.807, 2.05) is 7.05 Å². The van der Waals surface area contributed by atoms with Crippen molar-refractivity contribution in [3.63, 3.8) is 0 Å². The second-order valence-electron chi connectivity index (χ2n) is 6.93. The van der Waals surface area contributed by atoms with Crippen LogP contribution in [0.15, 0.2) is 4.99 Å². The van der Waals surface area contributed by atoms with Crippen molar-refractivity contribution in [2.45, 2.75) is 57.5 Å². The molecule has 0 aromatic carbocycles. The fourth-order valence-corrected chi connectivity index (χ4v) is 3.57. The summed E-state index contributed by atoms with van der Waals surface area (Å²) in [5, 5.41) is 6.93. The predicted octanol–water partition coefficient (Wildman–Crippen LogP) is 1.35. The van der Waals surface area contributed by atoms with Crippen molar-refractivity contribution in [3.8, 4) is 0 Å². The van der Waals surface area contributed by atoms with Crippen molar-refractivity contribution in [3.05, 3.63) is 0 Å². The van der Waals surface area contributed by atoms with Gasteiger partial charge in [-0.2, -0.15) is 0 Å². The minimum absolute atomic E-state index is 0.300. The molecule has 2 N–H and O–H groups in total. The number of likely N-dealkylation sites (tertiary alicyclic amines) is 1. The molecule has 0 spiro atoms. The van der Waals surface area contributed by atoms with E-state index in [0.717, 1.165) is 44.2 Å². The number of carbonyl (C=O) groups excluding carboxylic acids is 1. The van der Waals surface area contributed by atoms with Crippen molar-refractivity contribution in [2.24, 2.45) is 16.8 Å². The molecule has 2 aliphatic carbocycles. The van der Waals surface area contributed by atoms with Gasteiger partial charge >= 0.3 is 0 Å². The van der Waals surface area contributed by atoms with Gasteiger partial charge in [-0.1, -0.05) is 19.8 Å². The normalized spacial score (nSPS) is 33.3. The number of rotatable bonds is 3. The molecule has 0 bridgehead atoms. The zero-order chi connectivity index (χ0) is 14.8. The van der Waals surface area contributed by atoms with E-state index in [2.05, 4.69) is 27.4 Å². The van der Waals surface area contributed by atoms with Crippen LogP contribution in [0.2, 0.25) is 0 Å². The standard InChI is InChI=1S/C16H28N4O/c1-11-9-14(11)19-16(17-2)18-13-7-8-20(10-13)15(21)12-5-3-4-6-12/h11-14H,3-10H2,1-2H3,(H2,17,18,19). The summed E-state index contributed by atoms with van der Waals surface area (Å²) >= 11 is 0. The molecule has 3 atom stereocenters. The van der Waals surface area contributed by atoms with Gasteiger partial charge in [0.25, 0.3) is 0 Å². The average Bonchev–Trinajstić information content (AvgIpc) is 2.97. The highest BCUT2D eigenvalue weighted by Gasteiger charge is 2.35. The minimum atomic E-state index is 0.300. The van der Waals surface area contributed by atoms with Gasteiger partial charge < -0.3 is 15.5 Å². The van der Waals surface area contributed by atoms with Gasteiger partial charge in [-0.25, -0.2) is 0 Å². The first-order chi connectivity index (χ1) is 10.2. The van der Waals surface area contributed by atoms with Gasteiger partial charge in [0, 0.05) is 38.1 Å². The Hall–Kier alpha value is -1.26. The molecule has 2 saturated carbocycles. The fourth-order valence-electron chi connectivity index (χ4n) is 3.57. The van der Waals surface area contributed by atoms with Gasteiger partial charge in [-0.05, 0) is 31.6 Å². The SMILES string of the molecule is CN=C(NC1CCN(C(=O)C2CCCC2)C1)NC1CC1C. The molecule has 118 valence electrons. The molecule has 1 aliphatic heterocycles. The van der Waals surface area contributed by atoms with E-state index in [4.69, 9.17) is 0 Å². The van der Waals surface area contributed by atoms with Crippen LogP contribution in [0, 0.1) is 11.8 Å². The Morgan fingerprint density at radius 1 is 1.19 bits per heavy atom. The Bertz CT molecular complexity index is 417. The minimum Gasteiger partial charge on any atom is -0.353 e. The number of nitrogens with zero attached hydrogens (tertiary/aromatic N) is 2. The molecule has 1 amide bonds. The summed E-state index contributed by atoms with van der Waals surface area (Å²) in [6, 6.07) is 0.921. The Balaban J connectivity index is 1.46. The van der Waals surface area contributed by atoms with E-state index in [1.54, 1.807) is 0 Å². The van der Waals surface area contributed by atoms with E-state index < -0.39 is 0 Å². The lowest BCUT2D eigenvalue weighted by Crippen LogP contribution is -2.46. The van der Waals surface area contributed by atoms with Crippen molar-refractivity contribution in [1.29, 1.82) is 0 Å². The summed E-state index contributed by atoms with van der Waals surface area (Å²) < 4.78 is 0. The first-order valence-electron chi connectivity index (χ1n) is 8.46. The van der Waals surface area contributed by atoms with Gasteiger partial charge in [0.05, 0.1) is 0 Å². The van der Waals surface area contributed by atoms with Gasteiger partial charge in [0.2, 0.25) is 5.91 Å². The van der Waals surface area contributed by atoms with E-state index >= 15 is 0 Å². The number of hydrogen-bond donors (Lipinski definition) is 2. The van der Waals surface area contributed by atoms with Crippen LogP contribution >= 0.6 is 0 Å². The van der Waals surface area contributed by atoms with Crippen LogP contribution in [0.3, 0.4) is 0 Å². The highest BCUT2D eigenvalue weighted by Crippen LogP contribution is 2.29. The molecule has 3 fully saturated rings. The largest absolute Gasteiger partial charge is 0.353 e. The molecule has 1 saturated heterocycles. The summed E-state index contributed by atoms with van der Waals surface area (Å²) in [6.07, 6.45) is 6.90. The van der Waals surface area contributed by atoms with Crippen molar-refractivity contribution in [1.82, 2.24) is 15.5 Å². The van der Waals surface area contributed by atoms with E-state index in [-0.39, 0.29) is 0 Å². The molecule has 3 rings (SSSR count). The predicted molar refractivity (Wildman–Crippen MR) is 84.1 cm³/mol. The lowest BCUT2D eigenvalue weighted by atomic mass is 10.1. The average molecular weight is 292 g/mol. The second kappa shape index (κ2) is 6.24. The van der Waals surface area contributed by atoms with Crippen molar-refractivity contribution < 1.29 is 4.79 Å². The van der Waals surface area contributed by atoms with E-state index in [9.17, 15) is 4.79 Å². The number of hydrogen-bond acceptors (Lipinski definition) is 2. The first-order valence-corrected chi connectivity index (χ1v) is 8.46. The number of carbonyl (C=O) groups is 1. The number of aliphatic imine (C=N–C) groups is 1. The maximum atomic E-state index is 12.4. The Kier molecular flexibility index (Phi) is 4.36. The molecular weight excluding hydrogens is 264 g/mol. The van der Waals surface area contributed by atoms with Crippen LogP contribution in [-0.2, 0) is 4.79 Å². The van der Waals surface area contributed by atoms with E-state index in [1.165, 1.54) is 19.3 Å². The first kappa shape index (κ1) is 14.7. The molecule has 3 unspecified atom stereocenters. The third-order valence-corrected chi connectivity index (χ3v) is 5.20. The zero-order valence-electron chi connectivity index (χ0n) is 13.3. The monoisotopic (exact) mass is 292 g/mol. The second-order valence-corrected chi connectivity index (χ2v) is 6.93. The lowest BCUT2D eigenvalue weighted by molar-refractivity contribution is -0.134. The Labute approximate surface area is 127 Å². The molecular formula is C16H28N4O. The molecule has 0 aromatic rings. The van der Waals surface area contributed by atoms with Gasteiger partial charge in [-0.3, -0.25) is 9.79 Å². The van der Waals surface area contributed by atoms with Crippen molar-refractivity contribution in [2.75, 3.05) is 20.1 Å². The highest BCUT2D eigenvalue weighted by molar-refractivity contribution is 5.81. The fraction of sp³-hybridized carbons (Fsp3) is 0.875.